The highest BCUT2D eigenvalue weighted by Crippen LogP contribution is 2.30. The van der Waals surface area contributed by atoms with Gasteiger partial charge >= 0.3 is 0 Å². The SMILES string of the molecule is CCNCc1ccc(Sc2ccccc2)c(C)c1. The highest BCUT2D eigenvalue weighted by Gasteiger charge is 2.02. The molecule has 0 amide bonds. The van der Waals surface area contributed by atoms with E-state index in [2.05, 4.69) is 67.7 Å². The van der Waals surface area contributed by atoms with E-state index in [0.29, 0.717) is 0 Å². The van der Waals surface area contributed by atoms with E-state index >= 15 is 0 Å². The van der Waals surface area contributed by atoms with Crippen molar-refractivity contribution in [1.29, 1.82) is 0 Å². The first-order valence-corrected chi connectivity index (χ1v) is 7.14. The van der Waals surface area contributed by atoms with Gasteiger partial charge in [0.2, 0.25) is 0 Å². The van der Waals surface area contributed by atoms with Crippen molar-refractivity contribution in [3.63, 3.8) is 0 Å². The highest BCUT2D eigenvalue weighted by atomic mass is 32.2. The minimum Gasteiger partial charge on any atom is -0.313 e. The van der Waals surface area contributed by atoms with Crippen molar-refractivity contribution in [2.75, 3.05) is 6.54 Å². The molecule has 0 aromatic heterocycles. The normalized spacial score (nSPS) is 10.6. The molecule has 0 aliphatic rings. The zero-order valence-electron chi connectivity index (χ0n) is 10.9. The predicted octanol–water partition coefficient (Wildman–Crippen LogP) is 4.26. The third kappa shape index (κ3) is 3.62. The van der Waals surface area contributed by atoms with E-state index in [1.807, 2.05) is 11.8 Å². The Morgan fingerprint density at radius 1 is 1.06 bits per heavy atom. The van der Waals surface area contributed by atoms with E-state index in [9.17, 15) is 0 Å². The van der Waals surface area contributed by atoms with Gasteiger partial charge in [0.15, 0.2) is 0 Å². The van der Waals surface area contributed by atoms with Crippen LogP contribution in [0.15, 0.2) is 58.3 Å². The molecule has 0 aliphatic carbocycles. The third-order valence-electron chi connectivity index (χ3n) is 2.79. The molecule has 0 saturated carbocycles. The fourth-order valence-electron chi connectivity index (χ4n) is 1.82. The Morgan fingerprint density at radius 2 is 1.83 bits per heavy atom. The second-order valence-corrected chi connectivity index (χ2v) is 5.41. The molecule has 0 heterocycles. The number of nitrogens with one attached hydrogen (secondary N) is 1. The molecule has 0 saturated heterocycles. The van der Waals surface area contributed by atoms with Crippen LogP contribution in [0.1, 0.15) is 18.1 Å². The number of hydrogen-bond acceptors (Lipinski definition) is 2. The molecule has 1 N–H and O–H groups in total. The topological polar surface area (TPSA) is 12.0 Å². The molecule has 2 heteroatoms. The highest BCUT2D eigenvalue weighted by molar-refractivity contribution is 7.99. The van der Waals surface area contributed by atoms with Gasteiger partial charge in [0.05, 0.1) is 0 Å². The molecule has 0 radical (unpaired) electrons. The molecule has 1 nitrogen and oxygen atoms in total. The molecule has 2 aromatic carbocycles. The minimum atomic E-state index is 0.952. The van der Waals surface area contributed by atoms with Crippen molar-refractivity contribution in [2.24, 2.45) is 0 Å². The van der Waals surface area contributed by atoms with Crippen molar-refractivity contribution in [3.05, 3.63) is 59.7 Å². The van der Waals surface area contributed by atoms with Gasteiger partial charge in [-0.1, -0.05) is 49.0 Å². The predicted molar refractivity (Wildman–Crippen MR) is 79.1 cm³/mol. The average molecular weight is 257 g/mol. The van der Waals surface area contributed by atoms with E-state index in [1.54, 1.807) is 0 Å². The van der Waals surface area contributed by atoms with Crippen LogP contribution in [-0.4, -0.2) is 6.54 Å². The van der Waals surface area contributed by atoms with E-state index < -0.39 is 0 Å². The van der Waals surface area contributed by atoms with Crippen LogP contribution in [0.2, 0.25) is 0 Å². The summed E-state index contributed by atoms with van der Waals surface area (Å²) in [6.07, 6.45) is 0. The van der Waals surface area contributed by atoms with Gasteiger partial charge in [-0.25, -0.2) is 0 Å². The summed E-state index contributed by atoms with van der Waals surface area (Å²) in [7, 11) is 0. The Balaban J connectivity index is 2.10. The summed E-state index contributed by atoms with van der Waals surface area (Å²) in [5.74, 6) is 0. The van der Waals surface area contributed by atoms with Crippen LogP contribution in [0.4, 0.5) is 0 Å². The second kappa shape index (κ2) is 6.62. The Morgan fingerprint density at radius 3 is 2.50 bits per heavy atom. The molecule has 94 valence electrons. The lowest BCUT2D eigenvalue weighted by Gasteiger charge is -2.08. The van der Waals surface area contributed by atoms with Crippen LogP contribution in [0.5, 0.6) is 0 Å². The summed E-state index contributed by atoms with van der Waals surface area (Å²) in [5.41, 5.74) is 2.70. The molecule has 2 aromatic rings. The molecule has 0 atom stereocenters. The van der Waals surface area contributed by atoms with Crippen LogP contribution in [0.25, 0.3) is 0 Å². The Bertz CT molecular complexity index is 494. The van der Waals surface area contributed by atoms with E-state index in [-0.39, 0.29) is 0 Å². The van der Waals surface area contributed by atoms with Crippen molar-refractivity contribution >= 4 is 11.8 Å². The fourth-order valence-corrected chi connectivity index (χ4v) is 2.72. The lowest BCUT2D eigenvalue weighted by Crippen LogP contribution is -2.11. The molecular weight excluding hydrogens is 238 g/mol. The van der Waals surface area contributed by atoms with Crippen LogP contribution < -0.4 is 5.32 Å². The Hall–Kier alpha value is -1.25. The van der Waals surface area contributed by atoms with Crippen molar-refractivity contribution in [1.82, 2.24) is 5.32 Å². The second-order valence-electron chi connectivity index (χ2n) is 4.30. The Kier molecular flexibility index (Phi) is 4.85. The summed E-state index contributed by atoms with van der Waals surface area (Å²) in [6, 6.07) is 17.2. The zero-order valence-corrected chi connectivity index (χ0v) is 11.8. The van der Waals surface area contributed by atoms with Crippen molar-refractivity contribution < 1.29 is 0 Å². The number of hydrogen-bond donors (Lipinski definition) is 1. The van der Waals surface area contributed by atoms with E-state index in [1.165, 1.54) is 20.9 Å². The monoisotopic (exact) mass is 257 g/mol. The smallest absolute Gasteiger partial charge is 0.0205 e. The third-order valence-corrected chi connectivity index (χ3v) is 3.98. The van der Waals surface area contributed by atoms with Crippen molar-refractivity contribution in [2.45, 2.75) is 30.2 Å². The van der Waals surface area contributed by atoms with Gasteiger partial charge in [-0.05, 0) is 42.8 Å². The lowest BCUT2D eigenvalue weighted by atomic mass is 10.1. The van der Waals surface area contributed by atoms with Gasteiger partial charge in [-0.3, -0.25) is 0 Å². The molecule has 0 aliphatic heterocycles. The maximum atomic E-state index is 3.35. The van der Waals surface area contributed by atoms with E-state index in [4.69, 9.17) is 0 Å². The molecule has 0 spiro atoms. The molecule has 0 bridgehead atoms. The summed E-state index contributed by atoms with van der Waals surface area (Å²) < 4.78 is 0. The molecule has 18 heavy (non-hydrogen) atoms. The maximum Gasteiger partial charge on any atom is 0.0205 e. The minimum absolute atomic E-state index is 0.952. The van der Waals surface area contributed by atoms with Crippen molar-refractivity contribution in [3.8, 4) is 0 Å². The van der Waals surface area contributed by atoms with Gasteiger partial charge < -0.3 is 5.32 Å². The van der Waals surface area contributed by atoms with Gasteiger partial charge in [0.1, 0.15) is 0 Å². The van der Waals surface area contributed by atoms with E-state index in [0.717, 1.165) is 13.1 Å². The van der Waals surface area contributed by atoms with Crippen LogP contribution in [-0.2, 0) is 6.54 Å². The zero-order chi connectivity index (χ0) is 12.8. The van der Waals surface area contributed by atoms with Crippen LogP contribution in [0, 0.1) is 6.92 Å². The number of aryl methyl sites for hydroxylation is 1. The lowest BCUT2D eigenvalue weighted by molar-refractivity contribution is 0.726. The summed E-state index contributed by atoms with van der Waals surface area (Å²) in [4.78, 5) is 2.63. The van der Waals surface area contributed by atoms with Crippen LogP contribution >= 0.6 is 11.8 Å². The first kappa shape index (κ1) is 13.2. The van der Waals surface area contributed by atoms with Crippen LogP contribution in [0.3, 0.4) is 0 Å². The summed E-state index contributed by atoms with van der Waals surface area (Å²) in [6.45, 7) is 6.28. The first-order chi connectivity index (χ1) is 8.79. The first-order valence-electron chi connectivity index (χ1n) is 6.32. The molecule has 0 unspecified atom stereocenters. The van der Waals surface area contributed by atoms with Gasteiger partial charge in [0, 0.05) is 16.3 Å². The Labute approximate surface area is 114 Å². The largest absolute Gasteiger partial charge is 0.313 e. The van der Waals surface area contributed by atoms with Gasteiger partial charge in [-0.15, -0.1) is 0 Å². The number of rotatable bonds is 5. The average Bonchev–Trinajstić information content (AvgIpc) is 2.40. The van der Waals surface area contributed by atoms with Gasteiger partial charge in [0.25, 0.3) is 0 Å². The molecule has 0 fully saturated rings. The maximum absolute atomic E-state index is 3.35. The van der Waals surface area contributed by atoms with Gasteiger partial charge in [-0.2, -0.15) is 0 Å². The molecular formula is C16H19NS. The quantitative estimate of drug-likeness (QED) is 0.859. The standard InChI is InChI=1S/C16H19NS/c1-3-17-12-14-9-10-16(13(2)11-14)18-15-7-5-4-6-8-15/h4-11,17H,3,12H2,1-2H3. The summed E-state index contributed by atoms with van der Waals surface area (Å²) in [5, 5.41) is 3.35. The molecule has 2 rings (SSSR count). The fraction of sp³-hybridized carbons (Fsp3) is 0.250. The number of benzene rings is 2. The summed E-state index contributed by atoms with van der Waals surface area (Å²) >= 11 is 1.83.